The van der Waals surface area contributed by atoms with Crippen LogP contribution in [0.15, 0.2) is 71.6 Å². The summed E-state index contributed by atoms with van der Waals surface area (Å²) in [6, 6.07) is 17.9. The number of Topliss-reactive ketones (excluding diaryl/α,β-unsaturated/α-hetero) is 2. The highest BCUT2D eigenvalue weighted by atomic mass is 32.2. The van der Waals surface area contributed by atoms with Gasteiger partial charge in [-0.25, -0.2) is 8.42 Å². The van der Waals surface area contributed by atoms with Crippen molar-refractivity contribution in [2.75, 3.05) is 52.8 Å². The first-order valence-electron chi connectivity index (χ1n) is 23.7. The summed E-state index contributed by atoms with van der Waals surface area (Å²) in [6.45, 7) is 6.75. The number of piperidine rings is 2. The van der Waals surface area contributed by atoms with Gasteiger partial charge in [0, 0.05) is 50.6 Å². The number of nitrogens with zero attached hydrogens (tertiary/aromatic N) is 2. The van der Waals surface area contributed by atoms with E-state index >= 15 is 0 Å². The minimum Gasteiger partial charge on any atom is -0.493 e. The van der Waals surface area contributed by atoms with Crippen LogP contribution < -0.4 is 30.2 Å². The molecule has 3 aromatic carbocycles. The number of carbonyl (C=O) groups excluding carboxylic acids is 6. The summed E-state index contributed by atoms with van der Waals surface area (Å²) in [5.74, 6) is -0.967. The molecule has 68 heavy (non-hydrogen) atoms. The molecule has 5 rings (SSSR count). The van der Waals surface area contributed by atoms with E-state index in [0.29, 0.717) is 62.6 Å². The molecule has 0 aromatic heterocycles. The maximum Gasteiger partial charge on any atom is 0.291 e. The van der Waals surface area contributed by atoms with E-state index in [4.69, 9.17) is 14.2 Å². The zero-order valence-electron chi connectivity index (χ0n) is 40.4. The van der Waals surface area contributed by atoms with Crippen molar-refractivity contribution in [2.45, 2.75) is 127 Å². The molecule has 16 nitrogen and oxygen atoms in total. The van der Waals surface area contributed by atoms with Gasteiger partial charge in [0.1, 0.15) is 11.8 Å². The number of hydrogen-bond acceptors (Lipinski definition) is 12. The number of methoxy groups -OCH3 is 2. The van der Waals surface area contributed by atoms with Crippen molar-refractivity contribution in [2.24, 2.45) is 5.41 Å². The molecule has 2 heterocycles. The first-order chi connectivity index (χ1) is 32.5. The number of hydrogen-bond donors (Lipinski definition) is 3. The Morgan fingerprint density at radius 1 is 0.897 bits per heavy atom. The molecule has 4 amide bonds. The third-order valence-corrected chi connectivity index (χ3v) is 15.0. The number of anilines is 1. The highest BCUT2D eigenvalue weighted by molar-refractivity contribution is 7.89. The summed E-state index contributed by atoms with van der Waals surface area (Å²) in [7, 11) is 0.568. The molecule has 3 N–H and O–H groups in total. The predicted molar refractivity (Wildman–Crippen MR) is 258 cm³/mol. The maximum absolute atomic E-state index is 14.2. The second kappa shape index (κ2) is 25.0. The quantitative estimate of drug-likeness (QED) is 0.0457. The summed E-state index contributed by atoms with van der Waals surface area (Å²) in [5.41, 5.74) is 1.80. The lowest BCUT2D eigenvalue weighted by Crippen LogP contribution is -2.52. The van der Waals surface area contributed by atoms with E-state index in [-0.39, 0.29) is 48.4 Å². The number of likely N-dealkylation sites (N-methyl/N-ethyl adjacent to an activating group) is 1. The number of aryl methyl sites for hydroxylation is 1. The molecule has 0 spiro atoms. The van der Waals surface area contributed by atoms with Crippen LogP contribution in [0.3, 0.4) is 0 Å². The van der Waals surface area contributed by atoms with Crippen LogP contribution in [0, 0.1) is 5.41 Å². The lowest BCUT2D eigenvalue weighted by Gasteiger charge is -2.36. The van der Waals surface area contributed by atoms with E-state index in [1.54, 1.807) is 46.3 Å². The number of carbonyl (C=O) groups is 6. The number of imide groups is 1. The Labute approximate surface area is 401 Å². The van der Waals surface area contributed by atoms with Crippen LogP contribution in [0.1, 0.15) is 115 Å². The van der Waals surface area contributed by atoms with Crippen LogP contribution in [-0.4, -0.2) is 112 Å². The monoisotopic (exact) mass is 959 g/mol. The Morgan fingerprint density at radius 3 is 2.31 bits per heavy atom. The molecule has 2 fully saturated rings. The normalized spacial score (nSPS) is 17.0. The summed E-state index contributed by atoms with van der Waals surface area (Å²) < 4.78 is 44.2. The SMILES string of the molecule is CCC(C)(C)C(=O)C(=O)N1CCCCC1C(=O)C[C@H](CCc1ccc(OC)c(OC)c1)c1cccc(OCC(=O)NCCCCCCNc2ccc(S(=O)(=O)N(C)C3CCC(=O)NC3=O)cc2)c1. The fraction of sp³-hybridized carbons (Fsp3) is 0.529. The number of rotatable bonds is 26. The smallest absolute Gasteiger partial charge is 0.291 e. The molecule has 2 saturated heterocycles. The van der Waals surface area contributed by atoms with Crippen molar-refractivity contribution in [3.8, 4) is 17.2 Å². The van der Waals surface area contributed by atoms with Crippen molar-refractivity contribution < 1.29 is 51.4 Å². The number of unbranched alkanes of at least 4 members (excludes halogenated alkanes) is 3. The minimum absolute atomic E-state index is 0.0527. The van der Waals surface area contributed by atoms with Gasteiger partial charge < -0.3 is 29.7 Å². The zero-order chi connectivity index (χ0) is 49.4. The number of ether oxygens (including phenoxy) is 3. The summed E-state index contributed by atoms with van der Waals surface area (Å²) >= 11 is 0. The number of sulfonamides is 1. The van der Waals surface area contributed by atoms with E-state index in [1.165, 1.54) is 24.1 Å². The van der Waals surface area contributed by atoms with Gasteiger partial charge in [-0.15, -0.1) is 0 Å². The number of benzene rings is 3. The molecule has 0 saturated carbocycles. The van der Waals surface area contributed by atoms with Crippen molar-refractivity contribution in [3.05, 3.63) is 77.9 Å². The van der Waals surface area contributed by atoms with Gasteiger partial charge in [0.15, 0.2) is 23.9 Å². The molecule has 0 bridgehead atoms. The van der Waals surface area contributed by atoms with Crippen LogP contribution >= 0.6 is 0 Å². The van der Waals surface area contributed by atoms with Crippen molar-refractivity contribution in [1.82, 2.24) is 19.8 Å². The molecule has 0 radical (unpaired) electrons. The molecule has 17 heteroatoms. The van der Waals surface area contributed by atoms with E-state index in [9.17, 15) is 37.2 Å². The topological polar surface area (TPSA) is 207 Å². The molecular weight excluding hydrogens is 891 g/mol. The average Bonchev–Trinajstić information content (AvgIpc) is 3.34. The number of ketones is 2. The third kappa shape index (κ3) is 14.4. The lowest BCUT2D eigenvalue weighted by atomic mass is 9.82. The molecule has 2 aliphatic heterocycles. The van der Waals surface area contributed by atoms with Crippen LogP contribution in [0.5, 0.6) is 17.2 Å². The van der Waals surface area contributed by atoms with Crippen LogP contribution in [0.4, 0.5) is 5.69 Å². The fourth-order valence-corrected chi connectivity index (χ4v) is 9.81. The van der Waals surface area contributed by atoms with E-state index < -0.39 is 51.0 Å². The first kappa shape index (κ1) is 53.1. The van der Waals surface area contributed by atoms with Crippen LogP contribution in [0.2, 0.25) is 0 Å². The number of nitrogens with one attached hydrogen (secondary N) is 3. The second-order valence-corrected chi connectivity index (χ2v) is 20.2. The predicted octanol–water partition coefficient (Wildman–Crippen LogP) is 6.36. The number of amides is 4. The van der Waals surface area contributed by atoms with Crippen LogP contribution in [0.25, 0.3) is 0 Å². The van der Waals surface area contributed by atoms with Gasteiger partial charge in [-0.05, 0) is 123 Å². The highest BCUT2D eigenvalue weighted by Gasteiger charge is 2.40. The van der Waals surface area contributed by atoms with E-state index in [2.05, 4.69) is 16.0 Å². The van der Waals surface area contributed by atoms with Gasteiger partial charge in [0.25, 0.3) is 11.8 Å². The molecule has 3 atom stereocenters. The van der Waals surface area contributed by atoms with Crippen LogP contribution in [-0.2, 0) is 45.2 Å². The summed E-state index contributed by atoms with van der Waals surface area (Å²) in [4.78, 5) is 79.1. The molecule has 2 unspecified atom stereocenters. The Morgan fingerprint density at radius 2 is 1.62 bits per heavy atom. The van der Waals surface area contributed by atoms with Gasteiger partial charge >= 0.3 is 0 Å². The van der Waals surface area contributed by atoms with Crippen molar-refractivity contribution in [3.63, 3.8) is 0 Å². The first-order valence-corrected chi connectivity index (χ1v) is 25.2. The van der Waals surface area contributed by atoms with Gasteiger partial charge in [0.05, 0.1) is 25.2 Å². The van der Waals surface area contributed by atoms with Crippen molar-refractivity contribution >= 4 is 50.9 Å². The van der Waals surface area contributed by atoms with E-state index in [0.717, 1.165) is 59.6 Å². The van der Waals surface area contributed by atoms with Gasteiger partial charge in [-0.3, -0.25) is 34.1 Å². The average molecular weight is 960 g/mol. The maximum atomic E-state index is 14.2. The van der Waals surface area contributed by atoms with Gasteiger partial charge in [-0.2, -0.15) is 4.31 Å². The standard InChI is InChI=1S/C51H69N5O11S/c1-7-51(2,3)48(60)50(62)56-30-13-10-17-41(56)43(57)33-37(20-18-35-19-26-44(65-5)45(31-35)66-6)36-15-14-16-39(32-36)67-34-47(59)53-29-12-9-8-11-28-52-38-21-23-40(24-22-38)68(63,64)55(4)42-25-27-46(58)54-49(42)61/h14-16,19,21-24,26,31-32,37,41-42,52H,7-13,17-18,20,25,27-30,33-34H2,1-6H3,(H,53,59)(H,54,58,61)/t37-,41?,42?/m0/s1. The van der Waals surface area contributed by atoms with Crippen molar-refractivity contribution in [1.29, 1.82) is 0 Å². The fourth-order valence-electron chi connectivity index (χ4n) is 8.46. The van der Waals surface area contributed by atoms with E-state index in [1.807, 2.05) is 43.3 Å². The zero-order valence-corrected chi connectivity index (χ0v) is 41.2. The molecule has 3 aromatic rings. The lowest BCUT2D eigenvalue weighted by molar-refractivity contribution is -0.153. The highest BCUT2D eigenvalue weighted by Crippen LogP contribution is 2.34. The Kier molecular flexibility index (Phi) is 19.5. The summed E-state index contributed by atoms with van der Waals surface area (Å²) in [6.07, 6.45) is 7.56. The van der Waals surface area contributed by atoms with Gasteiger partial charge in [-0.1, -0.05) is 51.8 Å². The minimum atomic E-state index is -3.94. The largest absolute Gasteiger partial charge is 0.493 e. The Hall–Kier alpha value is -5.81. The second-order valence-electron chi connectivity index (χ2n) is 18.2. The third-order valence-electron chi connectivity index (χ3n) is 13.1. The molecule has 2 aliphatic rings. The van der Waals surface area contributed by atoms with Gasteiger partial charge in [0.2, 0.25) is 27.6 Å². The molecule has 0 aliphatic carbocycles. The Balaban J connectivity index is 1.09. The molecule has 370 valence electrons. The number of likely N-dealkylation sites (tertiary alicyclic amines) is 1. The molecular formula is C51H69N5O11S. The summed E-state index contributed by atoms with van der Waals surface area (Å²) in [5, 5.41) is 8.41. The Bertz CT molecular complexity index is 2350.